The molecule has 3 nitrogen and oxygen atoms in total. The third kappa shape index (κ3) is 2.50. The van der Waals surface area contributed by atoms with E-state index in [4.69, 9.17) is 10.5 Å². The maximum absolute atomic E-state index is 6.59. The third-order valence-electron chi connectivity index (χ3n) is 4.82. The van der Waals surface area contributed by atoms with Crippen LogP contribution in [0.1, 0.15) is 50.3 Å². The lowest BCUT2D eigenvalue weighted by molar-refractivity contribution is -0.102. The normalized spacial score (nSPS) is 33.7. The maximum atomic E-state index is 6.59. The summed E-state index contributed by atoms with van der Waals surface area (Å²) in [6.45, 7) is 9.45. The van der Waals surface area contributed by atoms with Gasteiger partial charge in [-0.05, 0) is 37.3 Å². The highest BCUT2D eigenvalue weighted by molar-refractivity contribution is 5.36. The molecular weight excluding hydrogens is 248 g/mol. The first-order valence-corrected chi connectivity index (χ1v) is 7.70. The fourth-order valence-electron chi connectivity index (χ4n) is 3.82. The topological polar surface area (TPSA) is 38.5 Å². The number of nitrogens with two attached hydrogens (primary N) is 1. The average molecular weight is 274 g/mol. The molecule has 1 aliphatic carbocycles. The Kier molecular flexibility index (Phi) is 3.61. The number of nitrogens with zero attached hydrogens (tertiary/aromatic N) is 1. The number of benzene rings is 1. The number of hydrogen-bond acceptors (Lipinski definition) is 3. The van der Waals surface area contributed by atoms with Crippen molar-refractivity contribution < 1.29 is 4.74 Å². The predicted octanol–water partition coefficient (Wildman–Crippen LogP) is 2.67. The van der Waals surface area contributed by atoms with Crippen molar-refractivity contribution in [3.63, 3.8) is 0 Å². The molecule has 0 aromatic heterocycles. The number of morpholine rings is 1. The van der Waals surface area contributed by atoms with E-state index in [-0.39, 0.29) is 11.6 Å². The van der Waals surface area contributed by atoms with Crippen molar-refractivity contribution in [2.45, 2.75) is 50.8 Å². The molecule has 3 unspecified atom stereocenters. The maximum Gasteiger partial charge on any atom is 0.0753 e. The highest BCUT2D eigenvalue weighted by Gasteiger charge is 2.38. The lowest BCUT2D eigenvalue weighted by Gasteiger charge is -2.47. The van der Waals surface area contributed by atoms with Gasteiger partial charge in [0.1, 0.15) is 0 Å². The van der Waals surface area contributed by atoms with E-state index < -0.39 is 0 Å². The van der Waals surface area contributed by atoms with Gasteiger partial charge in [-0.25, -0.2) is 0 Å². The van der Waals surface area contributed by atoms with Crippen molar-refractivity contribution in [2.24, 2.45) is 5.73 Å². The summed E-state index contributed by atoms with van der Waals surface area (Å²) in [5.74, 6) is 0.585. The fourth-order valence-corrected chi connectivity index (χ4v) is 3.82. The summed E-state index contributed by atoms with van der Waals surface area (Å²) in [6, 6.07) is 9.23. The zero-order chi connectivity index (χ0) is 14.3. The van der Waals surface area contributed by atoms with E-state index in [1.54, 1.807) is 0 Å². The average Bonchev–Trinajstić information content (AvgIpc) is 2.42. The van der Waals surface area contributed by atoms with Crippen molar-refractivity contribution in [1.82, 2.24) is 4.90 Å². The highest BCUT2D eigenvalue weighted by Crippen LogP contribution is 2.39. The smallest absolute Gasteiger partial charge is 0.0753 e. The number of ether oxygens (including phenoxy) is 1. The van der Waals surface area contributed by atoms with Crippen LogP contribution in [0.25, 0.3) is 0 Å². The summed E-state index contributed by atoms with van der Waals surface area (Å²) in [5.41, 5.74) is 9.30. The van der Waals surface area contributed by atoms with Crippen LogP contribution in [0.2, 0.25) is 0 Å². The summed E-state index contributed by atoms with van der Waals surface area (Å²) < 4.78 is 5.84. The van der Waals surface area contributed by atoms with Crippen LogP contribution in [0, 0.1) is 0 Å². The zero-order valence-corrected chi connectivity index (χ0v) is 12.8. The van der Waals surface area contributed by atoms with E-state index in [1.165, 1.54) is 11.1 Å². The van der Waals surface area contributed by atoms with Crippen molar-refractivity contribution >= 4 is 0 Å². The van der Waals surface area contributed by atoms with Gasteiger partial charge in [0.05, 0.1) is 12.2 Å². The number of rotatable bonds is 1. The Labute approximate surface area is 122 Å². The van der Waals surface area contributed by atoms with Gasteiger partial charge in [0.25, 0.3) is 0 Å². The first-order valence-electron chi connectivity index (χ1n) is 7.70. The van der Waals surface area contributed by atoms with Gasteiger partial charge in [-0.3, -0.25) is 4.90 Å². The van der Waals surface area contributed by atoms with E-state index in [2.05, 4.69) is 49.9 Å². The molecule has 1 fully saturated rings. The molecule has 0 amide bonds. The Morgan fingerprint density at radius 3 is 2.65 bits per heavy atom. The Morgan fingerprint density at radius 1 is 1.25 bits per heavy atom. The molecule has 1 aromatic rings. The Balaban J connectivity index is 1.86. The van der Waals surface area contributed by atoms with Crippen LogP contribution >= 0.6 is 0 Å². The monoisotopic (exact) mass is 274 g/mol. The molecule has 0 saturated carbocycles. The molecule has 1 heterocycles. The Morgan fingerprint density at radius 2 is 1.95 bits per heavy atom. The summed E-state index contributed by atoms with van der Waals surface area (Å²) in [7, 11) is 0. The number of hydrogen-bond donors (Lipinski definition) is 1. The lowest BCUT2D eigenvalue weighted by Crippen LogP contribution is -2.55. The summed E-state index contributed by atoms with van der Waals surface area (Å²) in [5, 5.41) is 0. The quantitative estimate of drug-likeness (QED) is 0.855. The molecule has 3 rings (SSSR count). The van der Waals surface area contributed by atoms with Crippen molar-refractivity contribution in [2.75, 3.05) is 19.7 Å². The minimum absolute atomic E-state index is 0.0574. The van der Waals surface area contributed by atoms with Gasteiger partial charge in [0.2, 0.25) is 0 Å². The van der Waals surface area contributed by atoms with E-state index in [0.717, 1.165) is 26.1 Å². The molecule has 2 N–H and O–H groups in total. The van der Waals surface area contributed by atoms with Crippen LogP contribution in [0.4, 0.5) is 0 Å². The fraction of sp³-hybridized carbons (Fsp3) is 0.647. The van der Waals surface area contributed by atoms with Gasteiger partial charge >= 0.3 is 0 Å². The summed E-state index contributed by atoms with van der Waals surface area (Å²) in [6.07, 6.45) is 1.15. The minimum Gasteiger partial charge on any atom is -0.373 e. The molecule has 3 atom stereocenters. The van der Waals surface area contributed by atoms with Crippen molar-refractivity contribution in [1.29, 1.82) is 0 Å². The second-order valence-corrected chi connectivity index (χ2v) is 6.94. The van der Waals surface area contributed by atoms with Crippen LogP contribution in [0.5, 0.6) is 0 Å². The molecule has 0 spiro atoms. The van der Waals surface area contributed by atoms with Gasteiger partial charge in [-0.2, -0.15) is 0 Å². The van der Waals surface area contributed by atoms with Crippen molar-refractivity contribution in [3.05, 3.63) is 35.4 Å². The van der Waals surface area contributed by atoms with Crippen LogP contribution in [-0.2, 0) is 4.74 Å². The summed E-state index contributed by atoms with van der Waals surface area (Å²) in [4.78, 5) is 2.54. The molecule has 2 aliphatic rings. The van der Waals surface area contributed by atoms with Crippen LogP contribution in [0.15, 0.2) is 24.3 Å². The minimum atomic E-state index is -0.0574. The second kappa shape index (κ2) is 5.14. The SMILES string of the molecule is CC1CC(N2CCOC(C)(C)C2)C(N)c2ccccc21. The van der Waals surface area contributed by atoms with Crippen LogP contribution in [0.3, 0.4) is 0 Å². The van der Waals surface area contributed by atoms with E-state index in [1.807, 2.05) is 0 Å². The first-order chi connectivity index (χ1) is 9.48. The zero-order valence-electron chi connectivity index (χ0n) is 12.8. The molecule has 3 heteroatoms. The lowest BCUT2D eigenvalue weighted by atomic mass is 9.77. The largest absolute Gasteiger partial charge is 0.373 e. The standard InChI is InChI=1S/C17H26N2O/c1-12-10-15(19-8-9-20-17(2,3)11-19)16(18)14-7-5-4-6-13(12)14/h4-7,12,15-16H,8-11,18H2,1-3H3. The molecule has 20 heavy (non-hydrogen) atoms. The van der Waals surface area contributed by atoms with E-state index in [0.29, 0.717) is 12.0 Å². The van der Waals surface area contributed by atoms with E-state index in [9.17, 15) is 0 Å². The molecule has 110 valence electrons. The molecule has 1 aliphatic heterocycles. The molecular formula is C17H26N2O. The van der Waals surface area contributed by atoms with Gasteiger partial charge in [-0.1, -0.05) is 31.2 Å². The van der Waals surface area contributed by atoms with Crippen LogP contribution < -0.4 is 5.73 Å². The van der Waals surface area contributed by atoms with Crippen molar-refractivity contribution in [3.8, 4) is 0 Å². The van der Waals surface area contributed by atoms with E-state index >= 15 is 0 Å². The second-order valence-electron chi connectivity index (χ2n) is 6.94. The molecule has 0 radical (unpaired) electrons. The highest BCUT2D eigenvalue weighted by atomic mass is 16.5. The van der Waals surface area contributed by atoms with Gasteiger partial charge < -0.3 is 10.5 Å². The Hall–Kier alpha value is -0.900. The summed E-state index contributed by atoms with van der Waals surface area (Å²) >= 11 is 0. The van der Waals surface area contributed by atoms with Gasteiger partial charge in [0, 0.05) is 25.2 Å². The van der Waals surface area contributed by atoms with Crippen LogP contribution in [-0.4, -0.2) is 36.2 Å². The molecule has 1 saturated heterocycles. The Bertz CT molecular complexity index is 486. The van der Waals surface area contributed by atoms with Gasteiger partial charge in [0.15, 0.2) is 0 Å². The molecule has 0 bridgehead atoms. The third-order valence-corrected chi connectivity index (χ3v) is 4.82. The molecule has 1 aromatic carbocycles. The van der Waals surface area contributed by atoms with Gasteiger partial charge in [-0.15, -0.1) is 0 Å². The first kappa shape index (κ1) is 14.1. The number of fused-ring (bicyclic) bond motifs is 1. The predicted molar refractivity (Wildman–Crippen MR) is 81.8 cm³/mol.